The van der Waals surface area contributed by atoms with Crippen molar-refractivity contribution in [2.24, 2.45) is 0 Å². The van der Waals surface area contributed by atoms with Gasteiger partial charge in [0.25, 0.3) is 0 Å². The number of nitrogens with zero attached hydrogens (tertiary/aromatic N) is 1. The normalized spacial score (nSPS) is 10.8. The molecule has 3 heteroatoms. The van der Waals surface area contributed by atoms with Crippen molar-refractivity contribution in [3.05, 3.63) is 29.8 Å². The lowest BCUT2D eigenvalue weighted by Gasteiger charge is -2.20. The van der Waals surface area contributed by atoms with Crippen molar-refractivity contribution in [3.8, 4) is 5.75 Å². The van der Waals surface area contributed by atoms with Gasteiger partial charge in [-0.3, -0.25) is 4.90 Å². The summed E-state index contributed by atoms with van der Waals surface area (Å²) in [5.74, 6) is 0.922. The van der Waals surface area contributed by atoms with Gasteiger partial charge in [-0.15, -0.1) is 0 Å². The Morgan fingerprint density at radius 2 is 2.06 bits per heavy atom. The molecule has 0 radical (unpaired) electrons. The Kier molecular flexibility index (Phi) is 6.67. The van der Waals surface area contributed by atoms with Gasteiger partial charge in [0.15, 0.2) is 0 Å². The van der Waals surface area contributed by atoms with Crippen molar-refractivity contribution < 1.29 is 9.84 Å². The minimum Gasteiger partial charge on any atom is -0.492 e. The summed E-state index contributed by atoms with van der Waals surface area (Å²) in [6.45, 7) is 7.69. The van der Waals surface area contributed by atoms with Gasteiger partial charge in [0.2, 0.25) is 0 Å². The number of benzene rings is 1. The second-order valence-corrected chi connectivity index (χ2v) is 4.23. The maximum atomic E-state index is 8.93. The fraction of sp³-hybridized carbons (Fsp3) is 0.571. The first-order chi connectivity index (χ1) is 8.26. The molecule has 0 heterocycles. The van der Waals surface area contributed by atoms with E-state index in [1.807, 2.05) is 18.2 Å². The zero-order valence-corrected chi connectivity index (χ0v) is 10.9. The Morgan fingerprint density at radius 3 is 2.71 bits per heavy atom. The van der Waals surface area contributed by atoms with Gasteiger partial charge >= 0.3 is 0 Å². The van der Waals surface area contributed by atoms with Crippen LogP contribution in [0.2, 0.25) is 0 Å². The summed E-state index contributed by atoms with van der Waals surface area (Å²) in [5, 5.41) is 8.93. The molecular weight excluding hydrogens is 214 g/mol. The summed E-state index contributed by atoms with van der Waals surface area (Å²) in [4.78, 5) is 2.22. The van der Waals surface area contributed by atoms with Crippen LogP contribution in [0.1, 0.15) is 18.9 Å². The van der Waals surface area contributed by atoms with Gasteiger partial charge in [-0.05, 0) is 37.6 Å². The van der Waals surface area contributed by atoms with Gasteiger partial charge in [0.1, 0.15) is 12.4 Å². The van der Waals surface area contributed by atoms with E-state index in [4.69, 9.17) is 9.84 Å². The number of hydrogen-bond donors (Lipinski definition) is 1. The molecule has 1 N–H and O–H groups in total. The summed E-state index contributed by atoms with van der Waals surface area (Å²) in [5.41, 5.74) is 1.21. The zero-order valence-electron chi connectivity index (χ0n) is 10.9. The van der Waals surface area contributed by atoms with Gasteiger partial charge in [-0.1, -0.05) is 19.1 Å². The standard InChI is InChI=1S/C14H23NO2/c1-3-7-15(8-10-16)9-11-17-14-6-4-5-13(2)12-14/h4-6,12,16H,3,7-11H2,1-2H3. The zero-order chi connectivity index (χ0) is 12.5. The molecule has 0 bridgehead atoms. The second kappa shape index (κ2) is 8.09. The molecule has 17 heavy (non-hydrogen) atoms. The molecule has 96 valence electrons. The van der Waals surface area contributed by atoms with Crippen LogP contribution in [-0.2, 0) is 0 Å². The van der Waals surface area contributed by atoms with Crippen LogP contribution in [0.3, 0.4) is 0 Å². The highest BCUT2D eigenvalue weighted by Gasteiger charge is 2.03. The highest BCUT2D eigenvalue weighted by molar-refractivity contribution is 5.27. The Balaban J connectivity index is 2.30. The topological polar surface area (TPSA) is 32.7 Å². The maximum Gasteiger partial charge on any atom is 0.119 e. The third-order valence-electron chi connectivity index (χ3n) is 2.62. The molecule has 0 spiro atoms. The van der Waals surface area contributed by atoms with Crippen molar-refractivity contribution in [2.75, 3.05) is 32.8 Å². The quantitative estimate of drug-likeness (QED) is 0.751. The molecule has 1 rings (SSSR count). The maximum absolute atomic E-state index is 8.93. The molecule has 0 amide bonds. The lowest BCUT2D eigenvalue weighted by Crippen LogP contribution is -2.31. The summed E-state index contributed by atoms with van der Waals surface area (Å²) in [6.07, 6.45) is 1.10. The fourth-order valence-corrected chi connectivity index (χ4v) is 1.79. The Hall–Kier alpha value is -1.06. The third-order valence-corrected chi connectivity index (χ3v) is 2.62. The lowest BCUT2D eigenvalue weighted by atomic mass is 10.2. The average Bonchev–Trinajstić information content (AvgIpc) is 2.30. The van der Waals surface area contributed by atoms with Gasteiger partial charge in [0, 0.05) is 13.1 Å². The van der Waals surface area contributed by atoms with Gasteiger partial charge < -0.3 is 9.84 Å². The number of aryl methyl sites for hydroxylation is 1. The van der Waals surface area contributed by atoms with E-state index in [1.165, 1.54) is 5.56 Å². The molecule has 0 atom stereocenters. The van der Waals surface area contributed by atoms with Crippen molar-refractivity contribution in [1.82, 2.24) is 4.90 Å². The SMILES string of the molecule is CCCN(CCO)CCOc1cccc(C)c1. The minimum atomic E-state index is 0.213. The van der Waals surface area contributed by atoms with Crippen LogP contribution in [-0.4, -0.2) is 42.9 Å². The Bertz CT molecular complexity index is 309. The first kappa shape index (κ1) is 14.0. The van der Waals surface area contributed by atoms with Crippen molar-refractivity contribution in [2.45, 2.75) is 20.3 Å². The monoisotopic (exact) mass is 237 g/mol. The summed E-state index contributed by atoms with van der Waals surface area (Å²) in [6, 6.07) is 8.07. The van der Waals surface area contributed by atoms with E-state index in [1.54, 1.807) is 0 Å². The first-order valence-corrected chi connectivity index (χ1v) is 6.29. The summed E-state index contributed by atoms with van der Waals surface area (Å²) >= 11 is 0. The van der Waals surface area contributed by atoms with Crippen LogP contribution in [0.15, 0.2) is 24.3 Å². The van der Waals surface area contributed by atoms with Crippen LogP contribution in [0.5, 0.6) is 5.75 Å². The van der Waals surface area contributed by atoms with Gasteiger partial charge in [-0.2, -0.15) is 0 Å². The van der Waals surface area contributed by atoms with Crippen molar-refractivity contribution in [3.63, 3.8) is 0 Å². The molecule has 1 aromatic rings. The highest BCUT2D eigenvalue weighted by atomic mass is 16.5. The van der Waals surface area contributed by atoms with Crippen molar-refractivity contribution >= 4 is 0 Å². The van der Waals surface area contributed by atoms with E-state index >= 15 is 0 Å². The molecule has 0 saturated carbocycles. The number of rotatable bonds is 8. The van der Waals surface area contributed by atoms with E-state index in [0.29, 0.717) is 6.61 Å². The van der Waals surface area contributed by atoms with E-state index in [2.05, 4.69) is 24.8 Å². The average molecular weight is 237 g/mol. The van der Waals surface area contributed by atoms with Crippen LogP contribution in [0.25, 0.3) is 0 Å². The highest BCUT2D eigenvalue weighted by Crippen LogP contribution is 2.12. The molecule has 0 aliphatic rings. The number of aliphatic hydroxyl groups is 1. The largest absolute Gasteiger partial charge is 0.492 e. The van der Waals surface area contributed by atoms with Crippen molar-refractivity contribution in [1.29, 1.82) is 0 Å². The van der Waals surface area contributed by atoms with E-state index < -0.39 is 0 Å². The molecule has 0 aliphatic heterocycles. The predicted octanol–water partition coefficient (Wildman–Crippen LogP) is 2.08. The molecule has 1 aromatic carbocycles. The Labute approximate surface area is 104 Å². The fourth-order valence-electron chi connectivity index (χ4n) is 1.79. The number of hydrogen-bond acceptors (Lipinski definition) is 3. The molecule has 0 aromatic heterocycles. The van der Waals surface area contributed by atoms with E-state index in [-0.39, 0.29) is 6.61 Å². The lowest BCUT2D eigenvalue weighted by molar-refractivity contribution is 0.168. The molecule has 0 saturated heterocycles. The van der Waals surface area contributed by atoms with Crippen LogP contribution < -0.4 is 4.74 Å². The van der Waals surface area contributed by atoms with E-state index in [0.717, 1.165) is 31.8 Å². The van der Waals surface area contributed by atoms with Crippen LogP contribution >= 0.6 is 0 Å². The van der Waals surface area contributed by atoms with Gasteiger partial charge in [-0.25, -0.2) is 0 Å². The number of aliphatic hydroxyl groups excluding tert-OH is 1. The minimum absolute atomic E-state index is 0.213. The molecule has 3 nitrogen and oxygen atoms in total. The predicted molar refractivity (Wildman–Crippen MR) is 70.5 cm³/mol. The van der Waals surface area contributed by atoms with Crippen LogP contribution in [0.4, 0.5) is 0 Å². The molecule has 0 fully saturated rings. The number of ether oxygens (including phenoxy) is 1. The van der Waals surface area contributed by atoms with E-state index in [9.17, 15) is 0 Å². The molecule has 0 unspecified atom stereocenters. The molecular formula is C14H23NO2. The summed E-state index contributed by atoms with van der Waals surface area (Å²) in [7, 11) is 0. The second-order valence-electron chi connectivity index (χ2n) is 4.23. The van der Waals surface area contributed by atoms with Gasteiger partial charge in [0.05, 0.1) is 6.61 Å². The van der Waals surface area contributed by atoms with Crippen LogP contribution in [0, 0.1) is 6.92 Å². The third kappa shape index (κ3) is 5.71. The first-order valence-electron chi connectivity index (χ1n) is 6.29. The summed E-state index contributed by atoms with van der Waals surface area (Å²) < 4.78 is 5.69. The Morgan fingerprint density at radius 1 is 1.24 bits per heavy atom. The smallest absolute Gasteiger partial charge is 0.119 e. The molecule has 0 aliphatic carbocycles.